The minimum absolute atomic E-state index is 0.0885. The van der Waals surface area contributed by atoms with Gasteiger partial charge in [-0.15, -0.1) is 11.6 Å². The predicted molar refractivity (Wildman–Crippen MR) is 54.2 cm³/mol. The lowest BCUT2D eigenvalue weighted by molar-refractivity contribution is 0.101. The Morgan fingerprint density at radius 3 is 2.69 bits per heavy atom. The molecule has 0 aliphatic carbocycles. The molecule has 13 heavy (non-hydrogen) atoms. The molecule has 0 spiro atoms. The molecule has 0 unspecified atom stereocenters. The molecule has 0 radical (unpaired) electrons. The highest BCUT2D eigenvalue weighted by molar-refractivity contribution is 9.10. The second-order valence-electron chi connectivity index (χ2n) is 2.31. The summed E-state index contributed by atoms with van der Waals surface area (Å²) in [7, 11) is 0. The molecule has 0 saturated carbocycles. The van der Waals surface area contributed by atoms with Crippen LogP contribution in [-0.4, -0.2) is 11.7 Å². The molecule has 0 bridgehead atoms. The molecule has 0 saturated heterocycles. The summed E-state index contributed by atoms with van der Waals surface area (Å²) in [5.41, 5.74) is -0.0885. The summed E-state index contributed by atoms with van der Waals surface area (Å²) < 4.78 is 13.4. The molecule has 1 nitrogen and oxygen atoms in total. The quantitative estimate of drug-likeness (QED) is 0.460. The lowest BCUT2D eigenvalue weighted by atomic mass is 10.1. The van der Waals surface area contributed by atoms with E-state index in [0.717, 1.165) is 0 Å². The van der Waals surface area contributed by atoms with Crippen molar-refractivity contribution in [1.29, 1.82) is 0 Å². The van der Waals surface area contributed by atoms with Crippen molar-refractivity contribution in [2.75, 3.05) is 5.88 Å². The number of carbonyl (C=O) groups is 1. The minimum atomic E-state index is -0.630. The highest BCUT2D eigenvalue weighted by Gasteiger charge is 2.14. The number of hydrogen-bond acceptors (Lipinski definition) is 1. The molecule has 0 fully saturated rings. The molecule has 70 valence electrons. The number of benzene rings is 1. The van der Waals surface area contributed by atoms with E-state index in [1.165, 1.54) is 12.1 Å². The van der Waals surface area contributed by atoms with Crippen LogP contribution in [0.5, 0.6) is 0 Å². The molecular weight excluding hydrogens is 282 g/mol. The van der Waals surface area contributed by atoms with E-state index in [1.807, 2.05) is 0 Å². The smallest absolute Gasteiger partial charge is 0.180 e. The van der Waals surface area contributed by atoms with Gasteiger partial charge in [-0.05, 0) is 28.1 Å². The number of rotatable bonds is 2. The third-order valence-electron chi connectivity index (χ3n) is 1.41. The molecule has 0 heterocycles. The Morgan fingerprint density at radius 1 is 1.54 bits per heavy atom. The molecule has 0 atom stereocenters. The van der Waals surface area contributed by atoms with Crippen LogP contribution >= 0.6 is 39.1 Å². The molecule has 0 N–H and O–H groups in total. The largest absolute Gasteiger partial charge is 0.293 e. The second kappa shape index (κ2) is 4.40. The lowest BCUT2D eigenvalue weighted by Crippen LogP contribution is -2.04. The van der Waals surface area contributed by atoms with Gasteiger partial charge >= 0.3 is 0 Å². The molecule has 0 aromatic heterocycles. The normalized spacial score (nSPS) is 10.2. The van der Waals surface area contributed by atoms with Gasteiger partial charge in [-0.25, -0.2) is 4.39 Å². The number of halogens is 4. The molecule has 0 amide bonds. The highest BCUT2D eigenvalue weighted by atomic mass is 79.9. The zero-order valence-corrected chi connectivity index (χ0v) is 9.38. The van der Waals surface area contributed by atoms with Gasteiger partial charge in [0, 0.05) is 5.02 Å². The Balaban J connectivity index is 3.28. The maximum absolute atomic E-state index is 13.2. The SMILES string of the molecule is O=C(CCl)c1cc(Cl)cc(Br)c1F. The number of alkyl halides is 1. The number of hydrogen-bond donors (Lipinski definition) is 0. The Hall–Kier alpha value is -0.120. The summed E-state index contributed by atoms with van der Waals surface area (Å²) in [6.45, 7) is 0. The first-order valence-corrected chi connectivity index (χ1v) is 5.00. The Labute approximate surface area is 93.0 Å². The number of Topliss-reactive ketones (excluding diaryl/α,β-unsaturated/α-hetero) is 1. The van der Waals surface area contributed by atoms with Crippen LogP contribution in [0.4, 0.5) is 4.39 Å². The van der Waals surface area contributed by atoms with E-state index in [2.05, 4.69) is 15.9 Å². The molecule has 1 aromatic carbocycles. The zero-order valence-electron chi connectivity index (χ0n) is 6.28. The van der Waals surface area contributed by atoms with E-state index in [9.17, 15) is 9.18 Å². The maximum atomic E-state index is 13.2. The summed E-state index contributed by atoms with van der Waals surface area (Å²) in [6, 6.07) is 2.63. The van der Waals surface area contributed by atoms with E-state index in [-0.39, 0.29) is 15.9 Å². The molecule has 1 aromatic rings. The third-order valence-corrected chi connectivity index (χ3v) is 2.45. The van der Waals surface area contributed by atoms with Crippen molar-refractivity contribution in [3.8, 4) is 0 Å². The fraction of sp³-hybridized carbons (Fsp3) is 0.125. The monoisotopic (exact) mass is 284 g/mol. The van der Waals surface area contributed by atoms with Crippen LogP contribution < -0.4 is 0 Å². The van der Waals surface area contributed by atoms with Gasteiger partial charge in [0.15, 0.2) is 5.78 Å². The first-order chi connectivity index (χ1) is 6.06. The van der Waals surface area contributed by atoms with Gasteiger partial charge in [-0.2, -0.15) is 0 Å². The summed E-state index contributed by atoms with van der Waals surface area (Å²) in [6.07, 6.45) is 0. The maximum Gasteiger partial charge on any atom is 0.180 e. The third kappa shape index (κ3) is 2.42. The van der Waals surface area contributed by atoms with Crippen LogP contribution in [0.1, 0.15) is 10.4 Å². The van der Waals surface area contributed by atoms with Crippen LogP contribution in [0.25, 0.3) is 0 Å². The van der Waals surface area contributed by atoms with Gasteiger partial charge < -0.3 is 0 Å². The van der Waals surface area contributed by atoms with E-state index in [1.54, 1.807) is 0 Å². The first-order valence-electron chi connectivity index (χ1n) is 3.30. The first kappa shape index (κ1) is 11.0. The van der Waals surface area contributed by atoms with Crippen LogP contribution in [0, 0.1) is 5.82 Å². The van der Waals surface area contributed by atoms with E-state index >= 15 is 0 Å². The van der Waals surface area contributed by atoms with Gasteiger partial charge in [-0.1, -0.05) is 11.6 Å². The predicted octanol–water partition coefficient (Wildman–Crippen LogP) is 3.66. The van der Waals surface area contributed by atoms with Crippen LogP contribution in [-0.2, 0) is 0 Å². The fourth-order valence-corrected chi connectivity index (χ4v) is 1.79. The van der Waals surface area contributed by atoms with Crippen molar-refractivity contribution in [3.05, 3.63) is 33.0 Å². The van der Waals surface area contributed by atoms with Gasteiger partial charge in [0.05, 0.1) is 15.9 Å². The average molecular weight is 286 g/mol. The van der Waals surface area contributed by atoms with Crippen molar-refractivity contribution < 1.29 is 9.18 Å². The zero-order chi connectivity index (χ0) is 10.0. The van der Waals surface area contributed by atoms with Gasteiger partial charge in [0.1, 0.15) is 5.82 Å². The highest BCUT2D eigenvalue weighted by Crippen LogP contribution is 2.24. The van der Waals surface area contributed by atoms with Gasteiger partial charge in [-0.3, -0.25) is 4.79 Å². The lowest BCUT2D eigenvalue weighted by Gasteiger charge is -2.02. The van der Waals surface area contributed by atoms with Gasteiger partial charge in [0.2, 0.25) is 0 Å². The van der Waals surface area contributed by atoms with E-state index in [0.29, 0.717) is 5.02 Å². The molecule has 1 rings (SSSR count). The summed E-state index contributed by atoms with van der Waals surface area (Å²) in [5, 5.41) is 0.293. The number of ketones is 1. The van der Waals surface area contributed by atoms with Crippen LogP contribution in [0.3, 0.4) is 0 Å². The van der Waals surface area contributed by atoms with Crippen LogP contribution in [0.2, 0.25) is 5.02 Å². The van der Waals surface area contributed by atoms with Crippen molar-refractivity contribution in [2.45, 2.75) is 0 Å². The summed E-state index contributed by atoms with van der Waals surface area (Å²) >= 11 is 13.9. The van der Waals surface area contributed by atoms with Crippen LogP contribution in [0.15, 0.2) is 16.6 Å². The number of carbonyl (C=O) groups excluding carboxylic acids is 1. The second-order valence-corrected chi connectivity index (χ2v) is 3.86. The van der Waals surface area contributed by atoms with Crippen molar-refractivity contribution in [2.24, 2.45) is 0 Å². The van der Waals surface area contributed by atoms with E-state index in [4.69, 9.17) is 23.2 Å². The fourth-order valence-electron chi connectivity index (χ4n) is 0.831. The minimum Gasteiger partial charge on any atom is -0.293 e. The molecule has 0 aliphatic heterocycles. The summed E-state index contributed by atoms with van der Waals surface area (Å²) in [4.78, 5) is 11.1. The van der Waals surface area contributed by atoms with E-state index < -0.39 is 11.6 Å². The van der Waals surface area contributed by atoms with Gasteiger partial charge in [0.25, 0.3) is 0 Å². The standard InChI is InChI=1S/C8H4BrCl2FO/c9-6-2-4(11)1-5(8(6)12)7(13)3-10/h1-2H,3H2. The topological polar surface area (TPSA) is 17.1 Å². The van der Waals surface area contributed by atoms with Crippen molar-refractivity contribution in [3.63, 3.8) is 0 Å². The Kier molecular flexibility index (Phi) is 3.71. The van der Waals surface area contributed by atoms with Crippen molar-refractivity contribution in [1.82, 2.24) is 0 Å². The molecule has 5 heteroatoms. The van der Waals surface area contributed by atoms with Crippen molar-refractivity contribution >= 4 is 44.9 Å². The Morgan fingerprint density at radius 2 is 2.15 bits per heavy atom. The summed E-state index contributed by atoms with van der Waals surface area (Å²) in [5.74, 6) is -1.37. The average Bonchev–Trinajstić information content (AvgIpc) is 2.10. The molecule has 0 aliphatic rings. The molecular formula is C8H4BrCl2FO. The Bertz CT molecular complexity index is 354.